The highest BCUT2D eigenvalue weighted by Crippen LogP contribution is 2.45. The average Bonchev–Trinajstić information content (AvgIpc) is 1.27. The number of hydrogen-bond donors (Lipinski definition) is 3. The van der Waals surface area contributed by atoms with Crippen molar-refractivity contribution in [3.63, 3.8) is 0 Å². The number of carbonyl (C=O) groups is 4. The maximum absolute atomic E-state index is 13.1. The van der Waals surface area contributed by atoms with E-state index in [4.69, 9.17) is 37.0 Å². The molecule has 0 aliphatic heterocycles. The maximum atomic E-state index is 13.1. The topological polar surface area (TPSA) is 237 Å². The Bertz CT molecular complexity index is 1820. The molecule has 0 radical (unpaired) electrons. The van der Waals surface area contributed by atoms with Crippen molar-refractivity contribution in [3.8, 4) is 0 Å². The molecule has 0 spiro atoms. The summed E-state index contributed by atoms with van der Waals surface area (Å²) < 4.78 is 68.5. The molecule has 0 aliphatic carbocycles. The largest absolute Gasteiger partial charge is 0.472 e. The standard InChI is InChI=1S/C75H146O17P2/c1-7-9-11-13-15-17-19-20-21-22-23-24-27-35-41-47-53-59-74(79)91-71(64-86-73(78)58-52-46-40-34-28-25-26-31-37-43-49-55-67(3)4)66-90-94(83,84)88-62-69(76)61-87-93(81,82)89-65-70(63-85-72(77)57-51-45-39-33-18-16-14-12-10-8-2)92-75(80)60-54-48-42-36-30-29-32-38-44-50-56-68(5)6/h67-71,76H,7-66H2,1-6H3,(H,81,82)(H,83,84)/t69-,70+,71+/m0/s1. The Labute approximate surface area is 575 Å². The van der Waals surface area contributed by atoms with E-state index in [0.29, 0.717) is 25.7 Å². The summed E-state index contributed by atoms with van der Waals surface area (Å²) >= 11 is 0. The van der Waals surface area contributed by atoms with Crippen LogP contribution in [-0.2, 0) is 65.4 Å². The van der Waals surface area contributed by atoms with Crippen LogP contribution in [0.4, 0.5) is 0 Å². The summed E-state index contributed by atoms with van der Waals surface area (Å²) in [5.74, 6) is -0.593. The highest BCUT2D eigenvalue weighted by atomic mass is 31.2. The molecule has 558 valence electrons. The van der Waals surface area contributed by atoms with Gasteiger partial charge in [-0.15, -0.1) is 0 Å². The predicted octanol–water partition coefficient (Wildman–Crippen LogP) is 21.9. The number of esters is 4. The number of hydrogen-bond acceptors (Lipinski definition) is 15. The zero-order valence-corrected chi connectivity index (χ0v) is 63.1. The maximum Gasteiger partial charge on any atom is 0.472 e. The van der Waals surface area contributed by atoms with Crippen LogP contribution in [0.15, 0.2) is 0 Å². The zero-order chi connectivity index (χ0) is 69.3. The highest BCUT2D eigenvalue weighted by Gasteiger charge is 2.30. The number of phosphoric acid groups is 2. The van der Waals surface area contributed by atoms with Crippen LogP contribution < -0.4 is 0 Å². The molecule has 0 saturated heterocycles. The molecular formula is C75H146O17P2. The quantitative estimate of drug-likeness (QED) is 0.0222. The summed E-state index contributed by atoms with van der Waals surface area (Å²) in [6.45, 7) is 9.58. The third-order valence-electron chi connectivity index (χ3n) is 17.5. The molecule has 0 saturated carbocycles. The smallest absolute Gasteiger partial charge is 0.462 e. The number of unbranched alkanes of at least 4 members (excludes halogenated alkanes) is 44. The number of aliphatic hydroxyl groups excluding tert-OH is 1. The molecule has 0 fully saturated rings. The lowest BCUT2D eigenvalue weighted by Crippen LogP contribution is -2.30. The molecule has 0 aromatic carbocycles. The first kappa shape index (κ1) is 92.1. The Balaban J connectivity index is 5.25. The second kappa shape index (κ2) is 66.9. The van der Waals surface area contributed by atoms with E-state index < -0.39 is 97.5 Å². The van der Waals surface area contributed by atoms with Gasteiger partial charge in [0.1, 0.15) is 19.3 Å². The second-order valence-corrected chi connectivity index (χ2v) is 30.9. The zero-order valence-electron chi connectivity index (χ0n) is 61.3. The fourth-order valence-corrected chi connectivity index (χ4v) is 13.1. The van der Waals surface area contributed by atoms with Crippen LogP contribution in [0.25, 0.3) is 0 Å². The first-order chi connectivity index (χ1) is 45.4. The van der Waals surface area contributed by atoms with Crippen molar-refractivity contribution in [2.24, 2.45) is 11.8 Å². The van der Waals surface area contributed by atoms with Crippen molar-refractivity contribution in [2.45, 2.75) is 407 Å². The van der Waals surface area contributed by atoms with Gasteiger partial charge >= 0.3 is 39.5 Å². The molecule has 0 aromatic rings. The minimum absolute atomic E-state index is 0.106. The summed E-state index contributed by atoms with van der Waals surface area (Å²) in [4.78, 5) is 72.8. The van der Waals surface area contributed by atoms with Gasteiger partial charge in [-0.3, -0.25) is 37.3 Å². The van der Waals surface area contributed by atoms with Crippen LogP contribution in [0.3, 0.4) is 0 Å². The molecule has 0 aliphatic rings. The van der Waals surface area contributed by atoms with Gasteiger partial charge in [0.25, 0.3) is 0 Å². The molecule has 2 unspecified atom stereocenters. The molecular weight excluding hydrogens is 1230 g/mol. The van der Waals surface area contributed by atoms with E-state index in [1.165, 1.54) is 205 Å². The lowest BCUT2D eigenvalue weighted by Gasteiger charge is -2.21. The van der Waals surface area contributed by atoms with Crippen LogP contribution in [0.1, 0.15) is 388 Å². The number of ether oxygens (including phenoxy) is 4. The van der Waals surface area contributed by atoms with Crippen molar-refractivity contribution in [2.75, 3.05) is 39.6 Å². The first-order valence-electron chi connectivity index (χ1n) is 39.0. The molecule has 94 heavy (non-hydrogen) atoms. The third kappa shape index (κ3) is 68.6. The van der Waals surface area contributed by atoms with Gasteiger partial charge in [0.05, 0.1) is 26.4 Å². The first-order valence-corrected chi connectivity index (χ1v) is 42.0. The van der Waals surface area contributed by atoms with Gasteiger partial charge in [0.15, 0.2) is 12.2 Å². The van der Waals surface area contributed by atoms with Crippen molar-refractivity contribution >= 4 is 39.5 Å². The summed E-state index contributed by atoms with van der Waals surface area (Å²) in [6.07, 6.45) is 54.0. The highest BCUT2D eigenvalue weighted by molar-refractivity contribution is 7.47. The monoisotopic (exact) mass is 1380 g/mol. The molecule has 0 bridgehead atoms. The SMILES string of the molecule is CCCCCCCCCCCCCCCCCCCC(=O)O[C@H](COC(=O)CCCCCCCCCCCCCC(C)C)COP(=O)(O)OC[C@@H](O)COP(=O)(O)OC[C@@H](COC(=O)CCCCCCCCCCCC)OC(=O)CCCCCCCCCCCCC(C)C. The van der Waals surface area contributed by atoms with Gasteiger partial charge in [0.2, 0.25) is 0 Å². The summed E-state index contributed by atoms with van der Waals surface area (Å²) in [6, 6.07) is 0. The van der Waals surface area contributed by atoms with Gasteiger partial charge in [-0.05, 0) is 37.5 Å². The van der Waals surface area contributed by atoms with Crippen molar-refractivity contribution in [3.05, 3.63) is 0 Å². The van der Waals surface area contributed by atoms with Crippen LogP contribution in [-0.4, -0.2) is 96.7 Å². The average molecular weight is 1380 g/mol. The molecule has 0 aromatic heterocycles. The summed E-state index contributed by atoms with van der Waals surface area (Å²) in [5, 5.41) is 10.6. The van der Waals surface area contributed by atoms with E-state index in [0.717, 1.165) is 102 Å². The van der Waals surface area contributed by atoms with Crippen molar-refractivity contribution in [1.29, 1.82) is 0 Å². The Morgan fingerprint density at radius 2 is 0.489 bits per heavy atom. The number of rotatable bonds is 74. The van der Waals surface area contributed by atoms with E-state index in [9.17, 15) is 43.2 Å². The van der Waals surface area contributed by atoms with E-state index in [1.807, 2.05) is 0 Å². The minimum atomic E-state index is -4.96. The second-order valence-electron chi connectivity index (χ2n) is 28.0. The fourth-order valence-electron chi connectivity index (χ4n) is 11.5. The lowest BCUT2D eigenvalue weighted by molar-refractivity contribution is -0.161. The normalized spacial score (nSPS) is 14.0. The van der Waals surface area contributed by atoms with Crippen LogP contribution >= 0.6 is 15.6 Å². The van der Waals surface area contributed by atoms with E-state index in [1.54, 1.807) is 0 Å². The predicted molar refractivity (Wildman–Crippen MR) is 381 cm³/mol. The molecule has 19 heteroatoms. The van der Waals surface area contributed by atoms with Crippen LogP contribution in [0.2, 0.25) is 0 Å². The molecule has 0 amide bonds. The fraction of sp³-hybridized carbons (Fsp3) is 0.947. The van der Waals surface area contributed by atoms with Crippen molar-refractivity contribution in [1.82, 2.24) is 0 Å². The van der Waals surface area contributed by atoms with Gasteiger partial charge in [-0.1, -0.05) is 337 Å². The van der Waals surface area contributed by atoms with Gasteiger partial charge in [-0.25, -0.2) is 9.13 Å². The summed E-state index contributed by atoms with van der Waals surface area (Å²) in [7, 11) is -9.91. The number of carbonyl (C=O) groups excluding carboxylic acids is 4. The summed E-state index contributed by atoms with van der Waals surface area (Å²) in [5.41, 5.74) is 0. The molecule has 5 atom stereocenters. The lowest BCUT2D eigenvalue weighted by atomic mass is 10.0. The molecule has 0 rings (SSSR count). The van der Waals surface area contributed by atoms with Crippen LogP contribution in [0.5, 0.6) is 0 Å². The molecule has 17 nitrogen and oxygen atoms in total. The van der Waals surface area contributed by atoms with E-state index in [2.05, 4.69) is 41.5 Å². The third-order valence-corrected chi connectivity index (χ3v) is 19.4. The molecule has 3 N–H and O–H groups in total. The van der Waals surface area contributed by atoms with Crippen LogP contribution in [0, 0.1) is 11.8 Å². The number of phosphoric ester groups is 2. The van der Waals surface area contributed by atoms with E-state index in [-0.39, 0.29) is 25.7 Å². The minimum Gasteiger partial charge on any atom is -0.462 e. The molecule has 0 heterocycles. The van der Waals surface area contributed by atoms with Gasteiger partial charge in [-0.2, -0.15) is 0 Å². The Kier molecular flexibility index (Phi) is 65.5. The van der Waals surface area contributed by atoms with E-state index >= 15 is 0 Å². The van der Waals surface area contributed by atoms with Gasteiger partial charge < -0.3 is 33.8 Å². The van der Waals surface area contributed by atoms with Crippen molar-refractivity contribution < 1.29 is 80.2 Å². The Morgan fingerprint density at radius 3 is 0.723 bits per heavy atom. The Hall–Kier alpha value is -1.94. The number of aliphatic hydroxyl groups is 1. The Morgan fingerprint density at radius 1 is 0.287 bits per heavy atom. The van der Waals surface area contributed by atoms with Gasteiger partial charge in [0, 0.05) is 25.7 Å².